The van der Waals surface area contributed by atoms with Crippen molar-refractivity contribution in [1.29, 1.82) is 0 Å². The fourth-order valence-corrected chi connectivity index (χ4v) is 2.24. The van der Waals surface area contributed by atoms with Crippen molar-refractivity contribution in [2.45, 2.75) is 45.0 Å². The maximum Gasteiger partial charge on any atom is 0.411 e. The first-order valence-electron chi connectivity index (χ1n) is 6.61. The molecule has 0 spiro atoms. The third-order valence-electron chi connectivity index (χ3n) is 3.21. The van der Waals surface area contributed by atoms with Crippen LogP contribution >= 0.6 is 0 Å². The van der Waals surface area contributed by atoms with Crippen molar-refractivity contribution in [2.75, 3.05) is 19.6 Å². The maximum absolute atomic E-state index is 12.8. The number of ether oxygens (including phenoxy) is 1. The van der Waals surface area contributed by atoms with Gasteiger partial charge in [0.2, 0.25) is 5.91 Å². The average molecular weight is 286 g/mol. The number of hydrogen-bond acceptors (Lipinski definition) is 4. The summed E-state index contributed by atoms with van der Waals surface area (Å²) in [6, 6.07) is -0.857. The first kappa shape index (κ1) is 14.7. The molecule has 20 heavy (non-hydrogen) atoms. The van der Waals surface area contributed by atoms with E-state index in [-0.39, 0.29) is 37.7 Å². The van der Waals surface area contributed by atoms with Crippen LogP contribution in [0.3, 0.4) is 0 Å². The van der Waals surface area contributed by atoms with E-state index in [0.717, 1.165) is 4.90 Å². The second-order valence-corrected chi connectivity index (χ2v) is 6.21. The molecule has 2 heterocycles. The summed E-state index contributed by atoms with van der Waals surface area (Å²) in [4.78, 5) is 38.2. The molecule has 0 unspecified atom stereocenters. The highest BCUT2D eigenvalue weighted by molar-refractivity contribution is 5.97. The van der Waals surface area contributed by atoms with Gasteiger partial charge in [-0.3, -0.25) is 14.5 Å². The van der Waals surface area contributed by atoms with E-state index in [1.807, 2.05) is 0 Å². The quantitative estimate of drug-likeness (QED) is 0.713. The Labute approximate surface area is 116 Å². The van der Waals surface area contributed by atoms with Crippen molar-refractivity contribution in [2.24, 2.45) is 0 Å². The molecule has 112 valence electrons. The number of carbonyl (C=O) groups is 3. The van der Waals surface area contributed by atoms with E-state index in [9.17, 15) is 18.8 Å². The number of halogens is 1. The molecule has 1 atom stereocenters. The van der Waals surface area contributed by atoms with Crippen LogP contribution in [0.15, 0.2) is 0 Å². The number of alkyl halides is 1. The van der Waals surface area contributed by atoms with Gasteiger partial charge in [0.25, 0.3) is 0 Å². The summed E-state index contributed by atoms with van der Waals surface area (Å²) in [5.74, 6) is -0.567. The Morgan fingerprint density at radius 3 is 2.40 bits per heavy atom. The van der Waals surface area contributed by atoms with Gasteiger partial charge in [0.15, 0.2) is 5.78 Å². The van der Waals surface area contributed by atoms with Crippen LogP contribution in [0.2, 0.25) is 0 Å². The van der Waals surface area contributed by atoms with Crippen LogP contribution in [0, 0.1) is 0 Å². The summed E-state index contributed by atoms with van der Waals surface area (Å²) < 4.78 is 18.0. The number of rotatable bonds is 1. The van der Waals surface area contributed by atoms with E-state index < -0.39 is 23.9 Å². The lowest BCUT2D eigenvalue weighted by Gasteiger charge is -2.37. The standard InChI is InChI=1S/C13H19FN2O4/c1-13(2,3)20-12(19)16-7-9(17)4-10(16)11(18)15-5-8(14)6-15/h8,10H,4-7H2,1-3H3/t10-/m0/s1. The number of hydrogen-bond donors (Lipinski definition) is 0. The number of nitrogens with zero attached hydrogens (tertiary/aromatic N) is 2. The highest BCUT2D eigenvalue weighted by Crippen LogP contribution is 2.23. The first-order chi connectivity index (χ1) is 9.17. The lowest BCUT2D eigenvalue weighted by Crippen LogP contribution is -2.57. The highest BCUT2D eigenvalue weighted by atomic mass is 19.1. The van der Waals surface area contributed by atoms with Crippen molar-refractivity contribution >= 4 is 17.8 Å². The van der Waals surface area contributed by atoms with Gasteiger partial charge in [0.05, 0.1) is 19.6 Å². The number of amides is 2. The summed E-state index contributed by atoms with van der Waals surface area (Å²) >= 11 is 0. The van der Waals surface area contributed by atoms with Crippen LogP contribution in [0.4, 0.5) is 9.18 Å². The predicted octanol–water partition coefficient (Wildman–Crippen LogP) is 0.745. The normalized spacial score (nSPS) is 23.8. The minimum Gasteiger partial charge on any atom is -0.444 e. The Kier molecular flexibility index (Phi) is 3.71. The lowest BCUT2D eigenvalue weighted by atomic mass is 10.1. The Hall–Kier alpha value is -1.66. The topological polar surface area (TPSA) is 66.9 Å². The van der Waals surface area contributed by atoms with E-state index in [0.29, 0.717) is 0 Å². The molecule has 2 saturated heterocycles. The van der Waals surface area contributed by atoms with Crippen molar-refractivity contribution in [3.05, 3.63) is 0 Å². The van der Waals surface area contributed by atoms with Crippen LogP contribution in [0.5, 0.6) is 0 Å². The Morgan fingerprint density at radius 1 is 1.30 bits per heavy atom. The predicted molar refractivity (Wildman–Crippen MR) is 67.8 cm³/mol. The molecule has 0 aromatic rings. The SMILES string of the molecule is CC(C)(C)OC(=O)N1CC(=O)C[C@H]1C(=O)N1CC(F)C1. The average Bonchev–Trinajstić information content (AvgIpc) is 2.64. The molecule has 2 amide bonds. The molecule has 2 rings (SSSR count). The van der Waals surface area contributed by atoms with Gasteiger partial charge < -0.3 is 9.64 Å². The van der Waals surface area contributed by atoms with Gasteiger partial charge in [-0.25, -0.2) is 9.18 Å². The van der Waals surface area contributed by atoms with E-state index in [2.05, 4.69) is 0 Å². The van der Waals surface area contributed by atoms with E-state index in [4.69, 9.17) is 4.74 Å². The van der Waals surface area contributed by atoms with Crippen LogP contribution in [-0.4, -0.2) is 65.0 Å². The summed E-state index contributed by atoms with van der Waals surface area (Å²) in [6.45, 7) is 5.07. The van der Waals surface area contributed by atoms with Gasteiger partial charge in [-0.2, -0.15) is 0 Å². The molecule has 0 saturated carbocycles. The molecule has 0 aromatic heterocycles. The van der Waals surface area contributed by atoms with Gasteiger partial charge >= 0.3 is 6.09 Å². The third-order valence-corrected chi connectivity index (χ3v) is 3.21. The zero-order valence-corrected chi connectivity index (χ0v) is 11.9. The Bertz CT molecular complexity index is 440. The smallest absolute Gasteiger partial charge is 0.411 e. The molecule has 0 radical (unpaired) electrons. The van der Waals surface area contributed by atoms with E-state index >= 15 is 0 Å². The summed E-state index contributed by atoms with van der Waals surface area (Å²) in [7, 11) is 0. The monoisotopic (exact) mass is 286 g/mol. The molecule has 2 fully saturated rings. The van der Waals surface area contributed by atoms with Gasteiger partial charge in [0, 0.05) is 6.42 Å². The first-order valence-corrected chi connectivity index (χ1v) is 6.61. The third kappa shape index (κ3) is 3.08. The van der Waals surface area contributed by atoms with Gasteiger partial charge in [-0.15, -0.1) is 0 Å². The number of carbonyl (C=O) groups excluding carboxylic acids is 3. The molecule has 0 bridgehead atoms. The minimum atomic E-state index is -1.01. The van der Waals surface area contributed by atoms with E-state index in [1.54, 1.807) is 20.8 Å². The van der Waals surface area contributed by atoms with Crippen molar-refractivity contribution in [3.8, 4) is 0 Å². The lowest BCUT2D eigenvalue weighted by molar-refractivity contribution is -0.143. The van der Waals surface area contributed by atoms with Gasteiger partial charge in [-0.1, -0.05) is 0 Å². The van der Waals surface area contributed by atoms with Crippen molar-refractivity contribution in [3.63, 3.8) is 0 Å². The molecule has 2 aliphatic rings. The van der Waals surface area contributed by atoms with Gasteiger partial charge in [0.1, 0.15) is 17.8 Å². The zero-order valence-electron chi connectivity index (χ0n) is 11.9. The largest absolute Gasteiger partial charge is 0.444 e. The van der Waals surface area contributed by atoms with E-state index in [1.165, 1.54) is 4.90 Å². The molecule has 0 aliphatic carbocycles. The minimum absolute atomic E-state index is 0.0223. The van der Waals surface area contributed by atoms with Crippen LogP contribution < -0.4 is 0 Å². The summed E-state index contributed by atoms with van der Waals surface area (Å²) in [5, 5.41) is 0. The molecular formula is C13H19FN2O4. The van der Waals surface area contributed by atoms with Gasteiger partial charge in [-0.05, 0) is 20.8 Å². The molecule has 2 aliphatic heterocycles. The second kappa shape index (κ2) is 5.03. The molecule has 6 nitrogen and oxygen atoms in total. The zero-order chi connectivity index (χ0) is 15.1. The number of Topliss-reactive ketones (excluding diaryl/α,β-unsaturated/α-hetero) is 1. The molecule has 0 N–H and O–H groups in total. The fourth-order valence-electron chi connectivity index (χ4n) is 2.24. The van der Waals surface area contributed by atoms with Crippen LogP contribution in [0.25, 0.3) is 0 Å². The molecule has 7 heteroatoms. The molecule has 0 aromatic carbocycles. The summed E-state index contributed by atoms with van der Waals surface area (Å²) in [5.41, 5.74) is -0.697. The Balaban J connectivity index is 2.04. The number of likely N-dealkylation sites (tertiary alicyclic amines) is 2. The summed E-state index contributed by atoms with van der Waals surface area (Å²) in [6.07, 6.45) is -1.71. The fraction of sp³-hybridized carbons (Fsp3) is 0.769. The van der Waals surface area contributed by atoms with Crippen LogP contribution in [0.1, 0.15) is 27.2 Å². The second-order valence-electron chi connectivity index (χ2n) is 6.21. The Morgan fingerprint density at radius 2 is 1.90 bits per heavy atom. The molecular weight excluding hydrogens is 267 g/mol. The number of ketones is 1. The van der Waals surface area contributed by atoms with Crippen molar-refractivity contribution < 1.29 is 23.5 Å². The van der Waals surface area contributed by atoms with Crippen LogP contribution in [-0.2, 0) is 14.3 Å². The highest BCUT2D eigenvalue weighted by Gasteiger charge is 2.44. The van der Waals surface area contributed by atoms with Crippen molar-refractivity contribution in [1.82, 2.24) is 9.80 Å². The maximum atomic E-state index is 12.8.